The molecule has 2 fully saturated rings. The Balaban J connectivity index is 1.76. The Kier molecular flexibility index (Phi) is 8.37. The number of hydrogen-bond donors (Lipinski definition) is 3. The molecule has 3 N–H and O–H groups in total. The Labute approximate surface area is 161 Å². The Morgan fingerprint density at radius 3 is 2.44 bits per heavy atom. The van der Waals surface area contributed by atoms with Crippen LogP contribution in [0, 0.1) is 11.8 Å². The molecule has 7 nitrogen and oxygen atoms in total. The number of Topliss-reactive ketones (excluding diaryl/α,β-unsaturated/α-hetero) is 2. The first-order chi connectivity index (χ1) is 12.7. The number of epoxide rings is 1. The normalized spacial score (nSPS) is 35.5. The molecule has 0 amide bonds. The molecule has 0 spiro atoms. The number of carbonyl (C=O) groups is 2. The van der Waals surface area contributed by atoms with Crippen molar-refractivity contribution in [2.75, 3.05) is 6.61 Å². The number of ether oxygens (including phenoxy) is 2. The molecule has 0 aliphatic carbocycles. The summed E-state index contributed by atoms with van der Waals surface area (Å²) in [5.41, 5.74) is 0. The molecule has 2 aliphatic rings. The maximum absolute atomic E-state index is 12.1. The second kappa shape index (κ2) is 10.1. The Bertz CT molecular complexity index is 507. The SMILES string of the molecule is CCCCC(=O)CC(=O)C[C@H]1CO[C@@H](C[C@@H]2O[C@H]2[C@@H](C)[C@H](C)O)[C@H](O)[C@@H]1O. The molecule has 7 heteroatoms. The van der Waals surface area contributed by atoms with E-state index < -0.39 is 30.3 Å². The van der Waals surface area contributed by atoms with E-state index in [4.69, 9.17) is 9.47 Å². The molecule has 0 radical (unpaired) electrons. The summed E-state index contributed by atoms with van der Waals surface area (Å²) in [6.07, 6.45) is -0.912. The number of carbonyl (C=O) groups excluding carboxylic acids is 2. The summed E-state index contributed by atoms with van der Waals surface area (Å²) in [4.78, 5) is 23.8. The van der Waals surface area contributed by atoms with Gasteiger partial charge in [0.1, 0.15) is 17.7 Å². The number of aliphatic hydroxyl groups excluding tert-OH is 3. The molecule has 2 saturated heterocycles. The van der Waals surface area contributed by atoms with E-state index in [0.29, 0.717) is 12.8 Å². The van der Waals surface area contributed by atoms with Gasteiger partial charge in [-0.1, -0.05) is 20.3 Å². The van der Waals surface area contributed by atoms with Gasteiger partial charge in [-0.2, -0.15) is 0 Å². The minimum atomic E-state index is -1.10. The van der Waals surface area contributed by atoms with Gasteiger partial charge in [-0.25, -0.2) is 0 Å². The molecule has 27 heavy (non-hydrogen) atoms. The van der Waals surface area contributed by atoms with Crippen LogP contribution in [0.4, 0.5) is 0 Å². The van der Waals surface area contributed by atoms with Gasteiger partial charge in [0, 0.05) is 31.1 Å². The van der Waals surface area contributed by atoms with Crippen LogP contribution in [0.15, 0.2) is 0 Å². The molecule has 2 rings (SSSR count). The summed E-state index contributed by atoms with van der Waals surface area (Å²) in [5.74, 6) is -0.798. The lowest BCUT2D eigenvalue weighted by atomic mass is 9.85. The second-order valence-electron chi connectivity index (χ2n) is 8.15. The van der Waals surface area contributed by atoms with Gasteiger partial charge in [0.2, 0.25) is 0 Å². The first kappa shape index (κ1) is 22.4. The van der Waals surface area contributed by atoms with E-state index in [-0.39, 0.29) is 49.1 Å². The summed E-state index contributed by atoms with van der Waals surface area (Å²) >= 11 is 0. The minimum absolute atomic E-state index is 0.00345. The average molecular weight is 386 g/mol. The van der Waals surface area contributed by atoms with Crippen LogP contribution in [0.25, 0.3) is 0 Å². The first-order valence-corrected chi connectivity index (χ1v) is 10.1. The highest BCUT2D eigenvalue weighted by atomic mass is 16.6. The molecule has 0 bridgehead atoms. The van der Waals surface area contributed by atoms with Gasteiger partial charge in [-0.05, 0) is 13.3 Å². The molecule has 0 aromatic carbocycles. The molecular formula is C20H34O7. The van der Waals surface area contributed by atoms with Crippen LogP contribution in [0.1, 0.15) is 59.3 Å². The number of aliphatic hydroxyl groups is 3. The zero-order chi connectivity index (χ0) is 20.1. The molecule has 156 valence electrons. The van der Waals surface area contributed by atoms with E-state index in [2.05, 4.69) is 0 Å². The maximum Gasteiger partial charge on any atom is 0.140 e. The summed E-state index contributed by atoms with van der Waals surface area (Å²) < 4.78 is 11.3. The van der Waals surface area contributed by atoms with Crippen LogP contribution >= 0.6 is 0 Å². The van der Waals surface area contributed by atoms with Gasteiger partial charge >= 0.3 is 0 Å². The van der Waals surface area contributed by atoms with E-state index in [0.717, 1.165) is 12.8 Å². The van der Waals surface area contributed by atoms with Gasteiger partial charge in [-0.3, -0.25) is 9.59 Å². The van der Waals surface area contributed by atoms with E-state index in [1.165, 1.54) is 0 Å². The average Bonchev–Trinajstić information content (AvgIpc) is 3.37. The van der Waals surface area contributed by atoms with Crippen LogP contribution in [-0.4, -0.2) is 70.1 Å². The second-order valence-corrected chi connectivity index (χ2v) is 8.15. The summed E-state index contributed by atoms with van der Waals surface area (Å²) in [5, 5.41) is 30.4. The van der Waals surface area contributed by atoms with Crippen molar-refractivity contribution in [2.45, 2.75) is 95.9 Å². The molecular weight excluding hydrogens is 352 g/mol. The lowest BCUT2D eigenvalue weighted by molar-refractivity contribution is -0.170. The molecule has 0 aromatic heterocycles. The number of hydrogen-bond acceptors (Lipinski definition) is 7. The third kappa shape index (κ3) is 6.32. The molecule has 2 aliphatic heterocycles. The van der Waals surface area contributed by atoms with Crippen LogP contribution in [0.3, 0.4) is 0 Å². The lowest BCUT2D eigenvalue weighted by Crippen LogP contribution is -2.51. The van der Waals surface area contributed by atoms with Crippen molar-refractivity contribution in [2.24, 2.45) is 11.8 Å². The molecule has 2 heterocycles. The van der Waals surface area contributed by atoms with Crippen molar-refractivity contribution < 1.29 is 34.4 Å². The van der Waals surface area contributed by atoms with E-state index in [9.17, 15) is 24.9 Å². The fourth-order valence-electron chi connectivity index (χ4n) is 3.69. The third-order valence-electron chi connectivity index (χ3n) is 5.80. The fourth-order valence-corrected chi connectivity index (χ4v) is 3.69. The van der Waals surface area contributed by atoms with Gasteiger partial charge in [0.15, 0.2) is 0 Å². The van der Waals surface area contributed by atoms with Crippen LogP contribution in [-0.2, 0) is 19.1 Å². The van der Waals surface area contributed by atoms with Crippen molar-refractivity contribution in [1.29, 1.82) is 0 Å². The van der Waals surface area contributed by atoms with Gasteiger partial charge < -0.3 is 24.8 Å². The van der Waals surface area contributed by atoms with Crippen molar-refractivity contribution >= 4 is 11.6 Å². The predicted molar refractivity (Wildman–Crippen MR) is 98.1 cm³/mol. The predicted octanol–water partition coefficient (Wildman–Crippen LogP) is 1.01. The standard InChI is InChI=1S/C20H34O7/c1-4-5-6-14(22)8-15(23)7-13-10-26-16(19(25)18(13)24)9-17-20(27-17)11(2)12(3)21/h11-13,16-21,24-25H,4-10H2,1-3H3/t11-,12-,13-,16-,17-,18+,19-,20-/m0/s1. The summed E-state index contributed by atoms with van der Waals surface area (Å²) in [6, 6.07) is 0. The molecule has 0 aromatic rings. The largest absolute Gasteiger partial charge is 0.393 e. The number of unbranched alkanes of at least 4 members (excludes halogenated alkanes) is 1. The molecule has 8 atom stereocenters. The molecule has 0 saturated carbocycles. The van der Waals surface area contributed by atoms with Crippen molar-refractivity contribution in [1.82, 2.24) is 0 Å². The van der Waals surface area contributed by atoms with Gasteiger partial charge in [0.05, 0.1) is 43.5 Å². The zero-order valence-corrected chi connectivity index (χ0v) is 16.5. The highest BCUT2D eigenvalue weighted by Crippen LogP contribution is 2.37. The third-order valence-corrected chi connectivity index (χ3v) is 5.80. The van der Waals surface area contributed by atoms with E-state index in [1.807, 2.05) is 13.8 Å². The van der Waals surface area contributed by atoms with Gasteiger partial charge in [0.25, 0.3) is 0 Å². The van der Waals surface area contributed by atoms with Crippen molar-refractivity contribution in [3.8, 4) is 0 Å². The summed E-state index contributed by atoms with van der Waals surface area (Å²) in [6.45, 7) is 5.78. The highest BCUT2D eigenvalue weighted by molar-refractivity contribution is 5.99. The van der Waals surface area contributed by atoms with Crippen LogP contribution in [0.2, 0.25) is 0 Å². The van der Waals surface area contributed by atoms with Crippen LogP contribution in [0.5, 0.6) is 0 Å². The smallest absolute Gasteiger partial charge is 0.140 e. The zero-order valence-electron chi connectivity index (χ0n) is 16.5. The van der Waals surface area contributed by atoms with Crippen molar-refractivity contribution in [3.05, 3.63) is 0 Å². The Morgan fingerprint density at radius 1 is 1.11 bits per heavy atom. The topological polar surface area (TPSA) is 117 Å². The van der Waals surface area contributed by atoms with Gasteiger partial charge in [-0.15, -0.1) is 0 Å². The quantitative estimate of drug-likeness (QED) is 0.358. The van der Waals surface area contributed by atoms with E-state index in [1.54, 1.807) is 6.92 Å². The van der Waals surface area contributed by atoms with Crippen molar-refractivity contribution in [3.63, 3.8) is 0 Å². The minimum Gasteiger partial charge on any atom is -0.393 e. The molecule has 0 unspecified atom stereocenters. The fraction of sp³-hybridized carbons (Fsp3) is 0.900. The lowest BCUT2D eigenvalue weighted by Gasteiger charge is -2.37. The van der Waals surface area contributed by atoms with E-state index >= 15 is 0 Å². The maximum atomic E-state index is 12.1. The summed E-state index contributed by atoms with van der Waals surface area (Å²) in [7, 11) is 0. The Hall–Kier alpha value is -0.860. The monoisotopic (exact) mass is 386 g/mol. The first-order valence-electron chi connectivity index (χ1n) is 10.1. The number of ketones is 2. The highest BCUT2D eigenvalue weighted by Gasteiger charge is 2.48. The number of rotatable bonds is 11. The Morgan fingerprint density at radius 2 is 1.81 bits per heavy atom. The van der Waals surface area contributed by atoms with Crippen LogP contribution < -0.4 is 0 Å².